The lowest BCUT2D eigenvalue weighted by molar-refractivity contribution is -0.0613. The van der Waals surface area contributed by atoms with E-state index in [-0.39, 0.29) is 0 Å². The molecule has 0 bridgehead atoms. The van der Waals surface area contributed by atoms with E-state index < -0.39 is 5.60 Å². The average Bonchev–Trinajstić information content (AvgIpc) is 2.38. The van der Waals surface area contributed by atoms with Crippen LogP contribution in [0.2, 0.25) is 0 Å². The number of fused-ring (bicyclic) bond motifs is 1. The van der Waals surface area contributed by atoms with Crippen molar-refractivity contribution >= 4 is 5.82 Å². The Labute approximate surface area is 109 Å². The summed E-state index contributed by atoms with van der Waals surface area (Å²) in [6.07, 6.45) is 7.38. The normalized spacial score (nSPS) is 32.1. The second-order valence-electron chi connectivity index (χ2n) is 5.89. The van der Waals surface area contributed by atoms with Gasteiger partial charge in [-0.25, -0.2) is 4.98 Å². The van der Waals surface area contributed by atoms with Gasteiger partial charge in [-0.2, -0.15) is 0 Å². The average molecular weight is 246 g/mol. The van der Waals surface area contributed by atoms with Gasteiger partial charge in [0.2, 0.25) is 0 Å². The van der Waals surface area contributed by atoms with Crippen LogP contribution >= 0.6 is 0 Å². The third kappa shape index (κ3) is 2.01. The zero-order chi connectivity index (χ0) is 12.6. The van der Waals surface area contributed by atoms with E-state index in [1.54, 1.807) is 0 Å². The summed E-state index contributed by atoms with van der Waals surface area (Å²) in [5.41, 5.74) is 0.844. The largest absolute Gasteiger partial charge is 0.389 e. The second kappa shape index (κ2) is 4.54. The van der Waals surface area contributed by atoms with Crippen LogP contribution in [-0.2, 0) is 0 Å². The van der Waals surface area contributed by atoms with Gasteiger partial charge in [0.05, 0.1) is 5.60 Å². The highest BCUT2D eigenvalue weighted by Gasteiger charge is 2.43. The predicted octanol–water partition coefficient (Wildman–Crippen LogP) is 2.52. The molecule has 0 radical (unpaired) electrons. The van der Waals surface area contributed by atoms with Crippen molar-refractivity contribution in [3.05, 3.63) is 23.9 Å². The van der Waals surface area contributed by atoms with Gasteiger partial charge in [0, 0.05) is 25.2 Å². The van der Waals surface area contributed by atoms with Crippen LogP contribution in [0.3, 0.4) is 0 Å². The van der Waals surface area contributed by atoms with Crippen molar-refractivity contribution in [2.75, 3.05) is 18.0 Å². The summed E-state index contributed by atoms with van der Waals surface area (Å²) < 4.78 is 0. The number of hydrogen-bond donors (Lipinski definition) is 1. The van der Waals surface area contributed by atoms with Gasteiger partial charge in [0.1, 0.15) is 5.82 Å². The first-order chi connectivity index (χ1) is 8.69. The maximum absolute atomic E-state index is 10.7. The lowest BCUT2D eigenvalue weighted by Gasteiger charge is -2.48. The van der Waals surface area contributed by atoms with Crippen LogP contribution in [-0.4, -0.2) is 28.8 Å². The van der Waals surface area contributed by atoms with Gasteiger partial charge in [-0.1, -0.05) is 18.9 Å². The van der Waals surface area contributed by atoms with Crippen molar-refractivity contribution in [3.8, 4) is 0 Å². The van der Waals surface area contributed by atoms with Gasteiger partial charge in [-0.05, 0) is 37.8 Å². The lowest BCUT2D eigenvalue weighted by Crippen LogP contribution is -2.53. The number of pyridine rings is 1. The first-order valence-corrected chi connectivity index (χ1v) is 7.08. The molecular weight excluding hydrogens is 224 g/mol. The van der Waals surface area contributed by atoms with Gasteiger partial charge < -0.3 is 10.0 Å². The van der Waals surface area contributed by atoms with E-state index in [1.807, 2.05) is 12.3 Å². The first-order valence-electron chi connectivity index (χ1n) is 7.08. The van der Waals surface area contributed by atoms with Crippen LogP contribution in [0.25, 0.3) is 0 Å². The number of aliphatic hydroxyl groups is 1. The highest BCUT2D eigenvalue weighted by atomic mass is 16.3. The Morgan fingerprint density at radius 2 is 2.28 bits per heavy atom. The van der Waals surface area contributed by atoms with Crippen LogP contribution in [0.15, 0.2) is 18.3 Å². The molecule has 1 N–H and O–H groups in total. The smallest absolute Gasteiger partial charge is 0.131 e. The first kappa shape index (κ1) is 12.0. The highest BCUT2D eigenvalue weighted by molar-refractivity contribution is 5.46. The fraction of sp³-hybridized carbons (Fsp3) is 0.667. The molecule has 0 spiro atoms. The molecule has 2 aliphatic rings. The summed E-state index contributed by atoms with van der Waals surface area (Å²) in [4.78, 5) is 6.87. The van der Waals surface area contributed by atoms with E-state index in [0.29, 0.717) is 5.92 Å². The Bertz CT molecular complexity index is 434. The third-order valence-electron chi connectivity index (χ3n) is 4.71. The van der Waals surface area contributed by atoms with E-state index in [2.05, 4.69) is 22.9 Å². The minimum absolute atomic E-state index is 0.391. The van der Waals surface area contributed by atoms with Gasteiger partial charge in [0.15, 0.2) is 0 Å². The highest BCUT2D eigenvalue weighted by Crippen LogP contribution is 2.40. The molecule has 1 saturated carbocycles. The molecular formula is C15H22N2O. The molecule has 1 aliphatic carbocycles. The zero-order valence-electron chi connectivity index (χ0n) is 11.1. The third-order valence-corrected chi connectivity index (χ3v) is 4.71. The lowest BCUT2D eigenvalue weighted by atomic mass is 9.71. The summed E-state index contributed by atoms with van der Waals surface area (Å²) in [5.74, 6) is 1.53. The van der Waals surface area contributed by atoms with Gasteiger partial charge in [-0.15, -0.1) is 0 Å². The van der Waals surface area contributed by atoms with Gasteiger partial charge in [0.25, 0.3) is 0 Å². The van der Waals surface area contributed by atoms with Gasteiger partial charge >= 0.3 is 0 Å². The number of piperidine rings is 1. The maximum Gasteiger partial charge on any atom is 0.131 e. The molecule has 1 aromatic heterocycles. The van der Waals surface area contributed by atoms with E-state index >= 15 is 0 Å². The van der Waals surface area contributed by atoms with Crippen LogP contribution in [0.5, 0.6) is 0 Å². The zero-order valence-corrected chi connectivity index (χ0v) is 11.1. The second-order valence-corrected chi connectivity index (χ2v) is 5.89. The molecule has 1 saturated heterocycles. The van der Waals surface area contributed by atoms with E-state index in [0.717, 1.165) is 31.7 Å². The Hall–Kier alpha value is -1.09. The van der Waals surface area contributed by atoms with Crippen LogP contribution < -0.4 is 4.90 Å². The Morgan fingerprint density at radius 3 is 3.11 bits per heavy atom. The monoisotopic (exact) mass is 246 g/mol. The Morgan fingerprint density at radius 1 is 1.39 bits per heavy atom. The summed E-state index contributed by atoms with van der Waals surface area (Å²) in [6, 6.07) is 4.10. The minimum Gasteiger partial charge on any atom is -0.389 e. The summed E-state index contributed by atoms with van der Waals surface area (Å²) in [6.45, 7) is 4.02. The Kier molecular flexibility index (Phi) is 3.02. The van der Waals surface area contributed by atoms with Crippen molar-refractivity contribution in [2.45, 2.75) is 44.6 Å². The molecule has 1 aromatic rings. The molecule has 18 heavy (non-hydrogen) atoms. The number of hydrogen-bond acceptors (Lipinski definition) is 3. The molecule has 0 amide bonds. The van der Waals surface area contributed by atoms with Crippen molar-refractivity contribution in [2.24, 2.45) is 5.92 Å². The number of aromatic nitrogens is 1. The molecule has 3 nitrogen and oxygen atoms in total. The maximum atomic E-state index is 10.7. The summed E-state index contributed by atoms with van der Waals surface area (Å²) >= 11 is 0. The van der Waals surface area contributed by atoms with Crippen LogP contribution in [0.1, 0.15) is 37.7 Å². The van der Waals surface area contributed by atoms with Crippen LogP contribution in [0.4, 0.5) is 5.82 Å². The molecule has 2 unspecified atom stereocenters. The van der Waals surface area contributed by atoms with E-state index in [4.69, 9.17) is 0 Å². The fourth-order valence-corrected chi connectivity index (χ4v) is 3.57. The number of nitrogens with zero attached hydrogens (tertiary/aromatic N) is 2. The topological polar surface area (TPSA) is 36.4 Å². The van der Waals surface area contributed by atoms with Crippen molar-refractivity contribution in [1.82, 2.24) is 4.98 Å². The fourth-order valence-electron chi connectivity index (χ4n) is 3.57. The van der Waals surface area contributed by atoms with Crippen molar-refractivity contribution in [1.29, 1.82) is 0 Å². The van der Waals surface area contributed by atoms with Gasteiger partial charge in [-0.3, -0.25) is 0 Å². The van der Waals surface area contributed by atoms with Crippen LogP contribution in [0, 0.1) is 12.8 Å². The minimum atomic E-state index is -0.391. The number of anilines is 1. The quantitative estimate of drug-likeness (QED) is 0.827. The molecule has 2 fully saturated rings. The van der Waals surface area contributed by atoms with E-state index in [9.17, 15) is 5.11 Å². The molecule has 98 valence electrons. The molecule has 2 heterocycles. The number of aryl methyl sites for hydroxylation is 1. The molecule has 2 atom stereocenters. The number of rotatable bonds is 1. The SMILES string of the molecule is Cc1cccnc1N1CCC2(O)CCCCC2C1. The standard InChI is InChI=1S/C15H22N2O/c1-12-5-4-9-16-14(12)17-10-8-15(18)7-3-2-6-13(15)11-17/h4-5,9,13,18H,2-3,6-8,10-11H2,1H3. The van der Waals surface area contributed by atoms with Crippen molar-refractivity contribution < 1.29 is 5.11 Å². The van der Waals surface area contributed by atoms with Crippen molar-refractivity contribution in [3.63, 3.8) is 0 Å². The summed E-state index contributed by atoms with van der Waals surface area (Å²) in [7, 11) is 0. The predicted molar refractivity (Wildman–Crippen MR) is 72.7 cm³/mol. The van der Waals surface area contributed by atoms with E-state index in [1.165, 1.54) is 24.8 Å². The summed E-state index contributed by atoms with van der Waals surface area (Å²) in [5, 5.41) is 10.7. The molecule has 0 aromatic carbocycles. The molecule has 3 rings (SSSR count). The molecule has 3 heteroatoms. The Balaban J connectivity index is 1.80. The molecule has 1 aliphatic heterocycles.